The molecule has 0 saturated heterocycles. The lowest BCUT2D eigenvalue weighted by Gasteiger charge is -2.18. The second-order valence-electron chi connectivity index (χ2n) is 5.24. The van der Waals surface area contributed by atoms with Gasteiger partial charge in [-0.25, -0.2) is 0 Å². The van der Waals surface area contributed by atoms with Crippen LogP contribution in [0.2, 0.25) is 0 Å². The molecule has 0 fully saturated rings. The molecule has 2 nitrogen and oxygen atoms in total. The maximum Gasteiger partial charge on any atom is 0.0983 e. The first-order valence-electron chi connectivity index (χ1n) is 7.06. The molecule has 0 bridgehead atoms. The zero-order valence-electron chi connectivity index (χ0n) is 11.8. The van der Waals surface area contributed by atoms with Gasteiger partial charge in [-0.05, 0) is 23.8 Å². The summed E-state index contributed by atoms with van der Waals surface area (Å²) in [6.45, 7) is 0. The van der Waals surface area contributed by atoms with Crippen molar-refractivity contribution in [2.24, 2.45) is 0 Å². The van der Waals surface area contributed by atoms with Crippen LogP contribution in [-0.4, -0.2) is 17.4 Å². The molecule has 1 unspecified atom stereocenters. The van der Waals surface area contributed by atoms with E-state index in [1.807, 2.05) is 11.8 Å². The fourth-order valence-electron chi connectivity index (χ4n) is 2.78. The van der Waals surface area contributed by atoms with Gasteiger partial charge < -0.3 is 9.88 Å². The molecule has 4 rings (SSSR count). The Bertz CT molecular complexity index is 819. The average molecular weight is 292 g/mol. The minimum atomic E-state index is 0.357. The fourth-order valence-corrected chi connectivity index (χ4v) is 3.96. The van der Waals surface area contributed by atoms with E-state index < -0.39 is 0 Å². The molecule has 2 heterocycles. The van der Waals surface area contributed by atoms with Crippen molar-refractivity contribution in [1.29, 1.82) is 0 Å². The molecule has 1 aliphatic rings. The summed E-state index contributed by atoms with van der Waals surface area (Å²) >= 11 is 1.90. The first kappa shape index (κ1) is 12.6. The van der Waals surface area contributed by atoms with E-state index >= 15 is 0 Å². The number of fused-ring (bicyclic) bond motifs is 2. The number of anilines is 1. The van der Waals surface area contributed by atoms with Gasteiger partial charge in [-0.1, -0.05) is 54.2 Å². The Morgan fingerprint density at radius 1 is 1.10 bits per heavy atom. The predicted molar refractivity (Wildman–Crippen MR) is 91.8 cm³/mol. The first-order chi connectivity index (χ1) is 10.3. The zero-order chi connectivity index (χ0) is 14.2. The molecule has 1 aromatic heterocycles. The highest BCUT2D eigenvalue weighted by molar-refractivity contribution is 8.00. The third-order valence-corrected chi connectivity index (χ3v) is 5.25. The summed E-state index contributed by atoms with van der Waals surface area (Å²) in [6, 6.07) is 17.0. The number of rotatable bonds is 2. The van der Waals surface area contributed by atoms with Crippen LogP contribution in [0.1, 0.15) is 5.56 Å². The summed E-state index contributed by atoms with van der Waals surface area (Å²) in [6.07, 6.45) is 6.58. The highest BCUT2D eigenvalue weighted by Gasteiger charge is 2.24. The molecule has 1 N–H and O–H groups in total. The molecule has 2 aromatic carbocycles. The fraction of sp³-hybridized carbons (Fsp3) is 0.111. The minimum Gasteiger partial charge on any atom is -0.361 e. The normalized spacial score (nSPS) is 17.8. The van der Waals surface area contributed by atoms with Gasteiger partial charge in [-0.15, -0.1) is 0 Å². The van der Waals surface area contributed by atoms with E-state index in [0.717, 1.165) is 0 Å². The van der Waals surface area contributed by atoms with Gasteiger partial charge in [0.05, 0.1) is 11.1 Å². The lowest BCUT2D eigenvalue weighted by atomic mass is 10.1. The molecule has 3 aromatic rings. The Morgan fingerprint density at radius 3 is 2.81 bits per heavy atom. The number of thioether (sulfide) groups is 1. The van der Waals surface area contributed by atoms with Crippen molar-refractivity contribution < 1.29 is 0 Å². The van der Waals surface area contributed by atoms with Crippen molar-refractivity contribution in [2.45, 2.75) is 10.3 Å². The third kappa shape index (κ3) is 2.14. The largest absolute Gasteiger partial charge is 0.361 e. The Labute approximate surface area is 128 Å². The van der Waals surface area contributed by atoms with E-state index in [1.54, 1.807) is 0 Å². The topological polar surface area (TPSA) is 19.0 Å². The molecule has 0 aliphatic carbocycles. The van der Waals surface area contributed by atoms with E-state index in [4.69, 9.17) is 0 Å². The maximum absolute atomic E-state index is 3.32. The number of hydrogen-bond donors (Lipinski definition) is 1. The smallest absolute Gasteiger partial charge is 0.0983 e. The number of nitrogens with one attached hydrogen (secondary N) is 1. The number of aromatic amines is 1. The Morgan fingerprint density at radius 2 is 1.90 bits per heavy atom. The van der Waals surface area contributed by atoms with Crippen molar-refractivity contribution in [3.63, 3.8) is 0 Å². The van der Waals surface area contributed by atoms with E-state index in [9.17, 15) is 0 Å². The van der Waals surface area contributed by atoms with E-state index in [-0.39, 0.29) is 0 Å². The van der Waals surface area contributed by atoms with E-state index in [0.29, 0.717) is 5.37 Å². The van der Waals surface area contributed by atoms with E-state index in [1.165, 1.54) is 27.0 Å². The summed E-state index contributed by atoms with van der Waals surface area (Å²) in [5, 5.41) is 1.63. The van der Waals surface area contributed by atoms with Crippen molar-refractivity contribution in [1.82, 2.24) is 4.98 Å². The standard InChI is InChI=1S/C18H16N2S/c1-20-16-8-4-5-9-17(16)21-18(20)11-10-13-12-19-15-7-3-2-6-14(13)15/h2-12,18-19H,1H3/b11-10+. The summed E-state index contributed by atoms with van der Waals surface area (Å²) in [7, 11) is 2.16. The van der Waals surface area contributed by atoms with Crippen molar-refractivity contribution in [3.05, 3.63) is 66.4 Å². The lowest BCUT2D eigenvalue weighted by Crippen LogP contribution is -2.21. The number of benzene rings is 2. The Kier molecular flexibility index (Phi) is 3.00. The van der Waals surface area contributed by atoms with Crippen LogP contribution in [0.25, 0.3) is 17.0 Å². The van der Waals surface area contributed by atoms with E-state index in [2.05, 4.69) is 83.8 Å². The van der Waals surface area contributed by atoms with Gasteiger partial charge in [0.2, 0.25) is 0 Å². The molecule has 3 heteroatoms. The van der Waals surface area contributed by atoms with Crippen LogP contribution >= 0.6 is 11.8 Å². The monoisotopic (exact) mass is 292 g/mol. The molecule has 1 atom stereocenters. The Hall–Kier alpha value is -2.13. The SMILES string of the molecule is CN1c2ccccc2SC1/C=C/c1c[nH]c2ccccc12. The number of likely N-dealkylation sites (N-methyl/N-ethyl adjacent to an activating group) is 1. The Balaban J connectivity index is 1.62. The predicted octanol–water partition coefficient (Wildman–Crippen LogP) is 4.75. The zero-order valence-corrected chi connectivity index (χ0v) is 12.6. The number of H-pyrrole nitrogens is 1. The van der Waals surface area contributed by atoms with Gasteiger partial charge >= 0.3 is 0 Å². The number of hydrogen-bond acceptors (Lipinski definition) is 2. The van der Waals surface area contributed by atoms with Gasteiger partial charge in [0.25, 0.3) is 0 Å². The van der Waals surface area contributed by atoms with Gasteiger partial charge in [0.1, 0.15) is 0 Å². The van der Waals surface area contributed by atoms with Crippen LogP contribution < -0.4 is 4.90 Å². The van der Waals surface area contributed by atoms with Gasteiger partial charge in [0.15, 0.2) is 0 Å². The molecule has 1 aliphatic heterocycles. The highest BCUT2D eigenvalue weighted by Crippen LogP contribution is 2.42. The molecule has 0 spiro atoms. The summed E-state index contributed by atoms with van der Waals surface area (Å²) in [4.78, 5) is 7.00. The number of nitrogens with zero attached hydrogens (tertiary/aromatic N) is 1. The van der Waals surface area contributed by atoms with Gasteiger partial charge in [-0.2, -0.15) is 0 Å². The number of aromatic nitrogens is 1. The van der Waals surface area contributed by atoms with Gasteiger partial charge in [-0.3, -0.25) is 0 Å². The van der Waals surface area contributed by atoms with Crippen LogP contribution in [0.5, 0.6) is 0 Å². The van der Waals surface area contributed by atoms with Crippen molar-refractivity contribution in [3.8, 4) is 0 Å². The minimum absolute atomic E-state index is 0.357. The summed E-state index contributed by atoms with van der Waals surface area (Å²) < 4.78 is 0. The molecule has 0 radical (unpaired) electrons. The molecule has 0 amide bonds. The van der Waals surface area contributed by atoms with Crippen molar-refractivity contribution >= 4 is 34.4 Å². The van der Waals surface area contributed by atoms with Crippen LogP contribution in [0.15, 0.2) is 65.7 Å². The number of para-hydroxylation sites is 2. The van der Waals surface area contributed by atoms with Crippen molar-refractivity contribution in [2.75, 3.05) is 11.9 Å². The average Bonchev–Trinajstić information content (AvgIpc) is 3.07. The maximum atomic E-state index is 3.32. The molecular formula is C18H16N2S. The van der Waals surface area contributed by atoms with Crippen LogP contribution in [0.3, 0.4) is 0 Å². The van der Waals surface area contributed by atoms with Crippen LogP contribution in [0.4, 0.5) is 5.69 Å². The van der Waals surface area contributed by atoms with Gasteiger partial charge in [0, 0.05) is 29.0 Å². The molecular weight excluding hydrogens is 276 g/mol. The molecule has 21 heavy (non-hydrogen) atoms. The quantitative estimate of drug-likeness (QED) is 0.735. The lowest BCUT2D eigenvalue weighted by molar-refractivity contribution is 0.993. The second kappa shape index (κ2) is 5.01. The summed E-state index contributed by atoms with van der Waals surface area (Å²) in [5.74, 6) is 0. The second-order valence-corrected chi connectivity index (χ2v) is 6.39. The van der Waals surface area contributed by atoms with Crippen LogP contribution in [0, 0.1) is 0 Å². The summed E-state index contributed by atoms with van der Waals surface area (Å²) in [5.41, 5.74) is 3.75. The first-order valence-corrected chi connectivity index (χ1v) is 7.94. The third-order valence-electron chi connectivity index (χ3n) is 3.94. The molecule has 104 valence electrons. The highest BCUT2D eigenvalue weighted by atomic mass is 32.2. The van der Waals surface area contributed by atoms with Crippen LogP contribution in [-0.2, 0) is 0 Å². The molecule has 0 saturated carbocycles.